The van der Waals surface area contributed by atoms with Gasteiger partial charge in [0.1, 0.15) is 0 Å². The summed E-state index contributed by atoms with van der Waals surface area (Å²) in [6, 6.07) is 22.9. The van der Waals surface area contributed by atoms with E-state index in [1.54, 1.807) is 12.1 Å². The number of hydrogen-bond acceptors (Lipinski definition) is 4. The molecule has 0 aliphatic carbocycles. The van der Waals surface area contributed by atoms with Gasteiger partial charge >= 0.3 is 0 Å². The maximum Gasteiger partial charge on any atom is 0.265 e. The Bertz CT molecular complexity index is 1210. The number of amides is 2. The Balaban J connectivity index is 1.45. The van der Waals surface area contributed by atoms with Crippen molar-refractivity contribution in [2.75, 3.05) is 5.32 Å². The summed E-state index contributed by atoms with van der Waals surface area (Å²) in [5.74, 6) is -0.373. The van der Waals surface area contributed by atoms with E-state index in [0.29, 0.717) is 29.2 Å². The summed E-state index contributed by atoms with van der Waals surface area (Å²) in [5.41, 5.74) is 9.68. The van der Waals surface area contributed by atoms with Gasteiger partial charge < -0.3 is 16.4 Å². The Morgan fingerprint density at radius 3 is 2.39 bits per heavy atom. The lowest BCUT2D eigenvalue weighted by Gasteiger charge is -2.11. The molecule has 3 aromatic carbocycles. The summed E-state index contributed by atoms with van der Waals surface area (Å²) in [7, 11) is 0. The monoisotopic (exact) mass is 429 g/mol. The average Bonchev–Trinajstić information content (AvgIpc) is 3.24. The molecule has 0 aliphatic rings. The van der Waals surface area contributed by atoms with E-state index >= 15 is 0 Å². The Hall–Kier alpha value is -3.48. The number of rotatable bonds is 6. The topological polar surface area (TPSA) is 84.2 Å². The fraction of sp³-hybridized carbons (Fsp3) is 0.120. The molecule has 2 amide bonds. The second-order valence-corrected chi connectivity index (χ2v) is 8.42. The third kappa shape index (κ3) is 4.82. The van der Waals surface area contributed by atoms with Crippen molar-refractivity contribution in [3.8, 4) is 0 Å². The van der Waals surface area contributed by atoms with Crippen LogP contribution in [0.4, 0.5) is 5.69 Å². The van der Waals surface area contributed by atoms with Crippen molar-refractivity contribution < 1.29 is 9.59 Å². The Kier molecular flexibility index (Phi) is 6.11. The number of hydrogen-bond donors (Lipinski definition) is 3. The van der Waals surface area contributed by atoms with Crippen molar-refractivity contribution in [3.05, 3.63) is 99.9 Å². The standard InChI is InChI=1S/C25H23N3O2S/c1-16-6-11-20(24(29)27-15-18-9-7-17(14-26)8-10-18)12-21(16)28-25(30)23-13-19-4-2-3-5-22(19)31-23/h2-13H,14-15,26H2,1H3,(H,27,29)(H,28,30). The molecule has 0 bridgehead atoms. The third-order valence-electron chi connectivity index (χ3n) is 5.11. The van der Waals surface area contributed by atoms with E-state index in [4.69, 9.17) is 5.73 Å². The molecule has 0 aliphatic heterocycles. The van der Waals surface area contributed by atoms with Crippen LogP contribution in [-0.4, -0.2) is 11.8 Å². The first-order chi connectivity index (χ1) is 15.0. The second kappa shape index (κ2) is 9.12. The molecule has 0 radical (unpaired) electrons. The fourth-order valence-corrected chi connectivity index (χ4v) is 4.21. The predicted octanol–water partition coefficient (Wildman–Crippen LogP) is 4.85. The zero-order valence-corrected chi connectivity index (χ0v) is 18.0. The van der Waals surface area contributed by atoms with Crippen LogP contribution in [0.3, 0.4) is 0 Å². The van der Waals surface area contributed by atoms with Gasteiger partial charge in [-0.3, -0.25) is 9.59 Å². The number of fused-ring (bicyclic) bond motifs is 1. The third-order valence-corrected chi connectivity index (χ3v) is 6.22. The molecule has 0 spiro atoms. The molecule has 1 aromatic heterocycles. The highest BCUT2D eigenvalue weighted by molar-refractivity contribution is 7.20. The summed E-state index contributed by atoms with van der Waals surface area (Å²) >= 11 is 1.45. The number of carbonyl (C=O) groups is 2. The first-order valence-corrected chi connectivity index (χ1v) is 10.8. The van der Waals surface area contributed by atoms with E-state index in [2.05, 4.69) is 10.6 Å². The van der Waals surface area contributed by atoms with Gasteiger partial charge in [0, 0.05) is 29.0 Å². The number of nitrogens with one attached hydrogen (secondary N) is 2. The molecule has 4 rings (SSSR count). The van der Waals surface area contributed by atoms with Crippen LogP contribution in [0.25, 0.3) is 10.1 Å². The number of thiophene rings is 1. The van der Waals surface area contributed by atoms with E-state index < -0.39 is 0 Å². The molecule has 31 heavy (non-hydrogen) atoms. The Morgan fingerprint density at radius 2 is 1.65 bits per heavy atom. The van der Waals surface area contributed by atoms with E-state index in [1.165, 1.54) is 11.3 Å². The normalized spacial score (nSPS) is 10.8. The zero-order valence-electron chi connectivity index (χ0n) is 17.1. The molecule has 1 heterocycles. The smallest absolute Gasteiger partial charge is 0.265 e. The molecule has 0 unspecified atom stereocenters. The predicted molar refractivity (Wildman–Crippen MR) is 126 cm³/mol. The summed E-state index contributed by atoms with van der Waals surface area (Å²) < 4.78 is 1.07. The number of benzene rings is 3. The molecule has 0 saturated heterocycles. The van der Waals surface area contributed by atoms with Gasteiger partial charge in [-0.25, -0.2) is 0 Å². The first-order valence-electron chi connectivity index (χ1n) is 10.00. The summed E-state index contributed by atoms with van der Waals surface area (Å²) in [5, 5.41) is 6.91. The minimum absolute atomic E-state index is 0.179. The molecule has 0 saturated carbocycles. The highest BCUT2D eigenvalue weighted by atomic mass is 32.1. The van der Waals surface area contributed by atoms with Crippen molar-refractivity contribution in [1.29, 1.82) is 0 Å². The number of nitrogens with two attached hydrogens (primary N) is 1. The highest BCUT2D eigenvalue weighted by Gasteiger charge is 2.14. The molecular formula is C25H23N3O2S. The van der Waals surface area contributed by atoms with Gasteiger partial charge in [0.2, 0.25) is 0 Å². The van der Waals surface area contributed by atoms with Crippen molar-refractivity contribution >= 4 is 38.9 Å². The fourth-order valence-electron chi connectivity index (χ4n) is 3.25. The van der Waals surface area contributed by atoms with Gasteiger partial charge in [-0.1, -0.05) is 48.5 Å². The van der Waals surface area contributed by atoms with Gasteiger partial charge in [0.15, 0.2) is 0 Å². The van der Waals surface area contributed by atoms with E-state index in [9.17, 15) is 9.59 Å². The van der Waals surface area contributed by atoms with E-state index in [1.807, 2.05) is 67.6 Å². The summed E-state index contributed by atoms with van der Waals surface area (Å²) in [6.45, 7) is 2.81. The van der Waals surface area contributed by atoms with Crippen LogP contribution < -0.4 is 16.4 Å². The van der Waals surface area contributed by atoms with Crippen LogP contribution in [0.1, 0.15) is 36.7 Å². The molecule has 0 atom stereocenters. The van der Waals surface area contributed by atoms with Gasteiger partial charge in [0.25, 0.3) is 11.8 Å². The largest absolute Gasteiger partial charge is 0.348 e. The molecule has 4 aromatic rings. The van der Waals surface area contributed by atoms with Gasteiger partial charge in [-0.15, -0.1) is 11.3 Å². The van der Waals surface area contributed by atoms with Gasteiger partial charge in [-0.2, -0.15) is 0 Å². The lowest BCUT2D eigenvalue weighted by atomic mass is 10.1. The summed E-state index contributed by atoms with van der Waals surface area (Å²) in [6.07, 6.45) is 0. The first kappa shape index (κ1) is 20.8. The highest BCUT2D eigenvalue weighted by Crippen LogP contribution is 2.26. The number of carbonyl (C=O) groups excluding carboxylic acids is 2. The van der Waals surface area contributed by atoms with Crippen LogP contribution in [0.5, 0.6) is 0 Å². The Labute approximate surface area is 184 Å². The zero-order chi connectivity index (χ0) is 21.8. The van der Waals surface area contributed by atoms with Gasteiger partial charge in [-0.05, 0) is 53.3 Å². The second-order valence-electron chi connectivity index (χ2n) is 7.34. The SMILES string of the molecule is Cc1ccc(C(=O)NCc2ccc(CN)cc2)cc1NC(=O)c1cc2ccccc2s1. The lowest BCUT2D eigenvalue weighted by Crippen LogP contribution is -2.23. The maximum atomic E-state index is 12.8. The van der Waals surface area contributed by atoms with Crippen LogP contribution in [0.15, 0.2) is 72.8 Å². The average molecular weight is 430 g/mol. The van der Waals surface area contributed by atoms with E-state index in [-0.39, 0.29) is 11.8 Å². The van der Waals surface area contributed by atoms with Crippen LogP contribution in [0, 0.1) is 6.92 Å². The van der Waals surface area contributed by atoms with Crippen molar-refractivity contribution in [2.24, 2.45) is 5.73 Å². The maximum absolute atomic E-state index is 12.8. The van der Waals surface area contributed by atoms with Crippen molar-refractivity contribution in [1.82, 2.24) is 5.32 Å². The molecule has 4 N–H and O–H groups in total. The van der Waals surface area contributed by atoms with Crippen molar-refractivity contribution in [3.63, 3.8) is 0 Å². The molecule has 6 heteroatoms. The van der Waals surface area contributed by atoms with Crippen LogP contribution in [0.2, 0.25) is 0 Å². The Morgan fingerprint density at radius 1 is 0.903 bits per heavy atom. The molecule has 5 nitrogen and oxygen atoms in total. The minimum Gasteiger partial charge on any atom is -0.348 e. The van der Waals surface area contributed by atoms with E-state index in [0.717, 1.165) is 26.8 Å². The minimum atomic E-state index is -0.194. The number of anilines is 1. The molecular weight excluding hydrogens is 406 g/mol. The number of aryl methyl sites for hydroxylation is 1. The van der Waals surface area contributed by atoms with Crippen molar-refractivity contribution in [2.45, 2.75) is 20.0 Å². The molecule has 0 fully saturated rings. The van der Waals surface area contributed by atoms with Gasteiger partial charge in [0.05, 0.1) is 4.88 Å². The molecule has 156 valence electrons. The van der Waals surface area contributed by atoms with Crippen LogP contribution >= 0.6 is 11.3 Å². The quantitative estimate of drug-likeness (QED) is 0.410. The summed E-state index contributed by atoms with van der Waals surface area (Å²) in [4.78, 5) is 26.0. The van der Waals surface area contributed by atoms with Crippen LogP contribution in [-0.2, 0) is 13.1 Å². The lowest BCUT2D eigenvalue weighted by molar-refractivity contribution is 0.0949.